The summed E-state index contributed by atoms with van der Waals surface area (Å²) in [5.41, 5.74) is 2.97. The second kappa shape index (κ2) is 6.55. The van der Waals surface area contributed by atoms with E-state index in [0.29, 0.717) is 13.0 Å². The minimum atomic E-state index is -0.511. The van der Waals surface area contributed by atoms with Gasteiger partial charge in [0.2, 0.25) is 0 Å². The van der Waals surface area contributed by atoms with Gasteiger partial charge in [-0.3, -0.25) is 4.79 Å². The topological polar surface area (TPSA) is 46.5 Å². The molecule has 1 heterocycles. The first-order valence-corrected chi connectivity index (χ1v) is 8.21. The van der Waals surface area contributed by atoms with Crippen molar-refractivity contribution in [3.05, 3.63) is 59.2 Å². The van der Waals surface area contributed by atoms with Gasteiger partial charge < -0.3 is 9.84 Å². The Morgan fingerprint density at radius 3 is 2.91 bits per heavy atom. The van der Waals surface area contributed by atoms with E-state index in [0.717, 1.165) is 26.5 Å². The van der Waals surface area contributed by atoms with Crippen molar-refractivity contribution in [3.63, 3.8) is 0 Å². The molecule has 4 heteroatoms. The lowest BCUT2D eigenvalue weighted by atomic mass is 9.99. The minimum absolute atomic E-state index is 0.215. The second-order valence-electron chi connectivity index (χ2n) is 5.28. The second-order valence-corrected chi connectivity index (χ2v) is 6.37. The number of ether oxygens (including phenoxy) is 1. The molecule has 22 heavy (non-hydrogen) atoms. The van der Waals surface area contributed by atoms with E-state index >= 15 is 0 Å². The molecule has 0 aliphatic carbocycles. The number of hydrogen-bond donors (Lipinski definition) is 1. The average Bonchev–Trinajstić information content (AvgIpc) is 2.63. The molecule has 1 aliphatic heterocycles. The molecule has 0 amide bonds. The van der Waals surface area contributed by atoms with Gasteiger partial charge in [-0.2, -0.15) is 0 Å². The maximum absolute atomic E-state index is 11.6. The largest absolute Gasteiger partial charge is 0.466 e. The molecule has 1 atom stereocenters. The summed E-state index contributed by atoms with van der Waals surface area (Å²) in [6, 6.07) is 13.9. The number of benzene rings is 2. The van der Waals surface area contributed by atoms with Crippen LogP contribution in [-0.2, 0) is 22.4 Å². The van der Waals surface area contributed by atoms with Gasteiger partial charge in [0.05, 0.1) is 19.1 Å². The first-order chi connectivity index (χ1) is 10.7. The van der Waals surface area contributed by atoms with E-state index in [1.165, 1.54) is 0 Å². The third kappa shape index (κ3) is 3.18. The van der Waals surface area contributed by atoms with Crippen LogP contribution in [0, 0.1) is 0 Å². The Morgan fingerprint density at radius 2 is 2.09 bits per heavy atom. The zero-order chi connectivity index (χ0) is 15.5. The molecule has 0 saturated carbocycles. The molecule has 0 spiro atoms. The highest BCUT2D eigenvalue weighted by molar-refractivity contribution is 7.99. The van der Waals surface area contributed by atoms with Crippen LogP contribution < -0.4 is 0 Å². The Labute approximate surface area is 134 Å². The molecule has 3 rings (SSSR count). The molecule has 114 valence electrons. The van der Waals surface area contributed by atoms with Gasteiger partial charge in [0, 0.05) is 16.2 Å². The van der Waals surface area contributed by atoms with Crippen molar-refractivity contribution < 1.29 is 14.6 Å². The van der Waals surface area contributed by atoms with Crippen LogP contribution in [0.4, 0.5) is 0 Å². The van der Waals surface area contributed by atoms with Gasteiger partial charge in [-0.05, 0) is 35.7 Å². The lowest BCUT2D eigenvalue weighted by molar-refractivity contribution is -0.142. The molecule has 1 aliphatic rings. The fourth-order valence-corrected chi connectivity index (χ4v) is 3.78. The summed E-state index contributed by atoms with van der Waals surface area (Å²) >= 11 is 1.67. The summed E-state index contributed by atoms with van der Waals surface area (Å²) in [7, 11) is 0. The number of esters is 1. The molecule has 1 unspecified atom stereocenters. The molecule has 0 bridgehead atoms. The van der Waals surface area contributed by atoms with E-state index in [2.05, 4.69) is 0 Å². The molecule has 2 aromatic carbocycles. The number of carbonyl (C=O) groups excluding carboxylic acids is 1. The van der Waals surface area contributed by atoms with Crippen molar-refractivity contribution in [3.8, 4) is 0 Å². The third-order valence-electron chi connectivity index (χ3n) is 3.69. The van der Waals surface area contributed by atoms with E-state index in [-0.39, 0.29) is 12.4 Å². The van der Waals surface area contributed by atoms with Crippen molar-refractivity contribution in [2.24, 2.45) is 0 Å². The Bertz CT molecular complexity index is 696. The van der Waals surface area contributed by atoms with E-state index in [1.54, 1.807) is 18.7 Å². The summed E-state index contributed by atoms with van der Waals surface area (Å²) in [6.07, 6.45) is 0.327. The highest BCUT2D eigenvalue weighted by Gasteiger charge is 2.21. The Kier molecular flexibility index (Phi) is 4.50. The van der Waals surface area contributed by atoms with Crippen LogP contribution in [0.5, 0.6) is 0 Å². The van der Waals surface area contributed by atoms with Gasteiger partial charge in [-0.25, -0.2) is 0 Å². The van der Waals surface area contributed by atoms with Crippen molar-refractivity contribution in [2.75, 3.05) is 6.61 Å². The molecular formula is C18H18O3S. The molecule has 0 saturated heterocycles. The monoisotopic (exact) mass is 314 g/mol. The molecule has 0 radical (unpaired) electrons. The lowest BCUT2D eigenvalue weighted by Gasteiger charge is -2.11. The molecule has 0 fully saturated rings. The van der Waals surface area contributed by atoms with E-state index in [9.17, 15) is 9.90 Å². The fraction of sp³-hybridized carbons (Fsp3) is 0.278. The molecular weight excluding hydrogens is 296 g/mol. The highest BCUT2D eigenvalue weighted by Crippen LogP contribution is 2.40. The number of rotatable bonds is 3. The van der Waals surface area contributed by atoms with E-state index in [1.807, 2.05) is 42.5 Å². The average molecular weight is 314 g/mol. The Hall–Kier alpha value is -1.78. The van der Waals surface area contributed by atoms with Crippen LogP contribution in [-0.4, -0.2) is 17.7 Å². The van der Waals surface area contributed by atoms with Gasteiger partial charge in [-0.1, -0.05) is 42.1 Å². The number of aliphatic hydroxyl groups is 1. The standard InChI is InChI=1S/C18H18O3S/c1-2-21-18(20)10-12-7-8-16-13(9-12)11-15(19)14-5-3-4-6-17(14)22-16/h3-9,15,19H,2,10-11H2,1H3. The quantitative estimate of drug-likeness (QED) is 0.880. The maximum Gasteiger partial charge on any atom is 0.310 e. The number of fused-ring (bicyclic) bond motifs is 2. The van der Waals surface area contributed by atoms with Gasteiger partial charge in [-0.15, -0.1) is 0 Å². The van der Waals surface area contributed by atoms with Gasteiger partial charge in [0.15, 0.2) is 0 Å². The SMILES string of the molecule is CCOC(=O)Cc1ccc2c(c1)CC(O)c1ccccc1S2. The van der Waals surface area contributed by atoms with Crippen LogP contribution in [0.15, 0.2) is 52.3 Å². The van der Waals surface area contributed by atoms with Crippen molar-refractivity contribution in [1.82, 2.24) is 0 Å². The smallest absolute Gasteiger partial charge is 0.310 e. The number of carbonyl (C=O) groups is 1. The number of aliphatic hydroxyl groups excluding tert-OH is 1. The van der Waals surface area contributed by atoms with Crippen LogP contribution in [0.3, 0.4) is 0 Å². The van der Waals surface area contributed by atoms with Crippen LogP contribution >= 0.6 is 11.8 Å². The lowest BCUT2D eigenvalue weighted by Crippen LogP contribution is -2.08. The summed E-state index contributed by atoms with van der Waals surface area (Å²) in [5, 5.41) is 10.4. The predicted molar refractivity (Wildman–Crippen MR) is 86.0 cm³/mol. The summed E-state index contributed by atoms with van der Waals surface area (Å²) in [4.78, 5) is 13.8. The van der Waals surface area contributed by atoms with Crippen LogP contribution in [0.2, 0.25) is 0 Å². The first kappa shape index (κ1) is 15.1. The summed E-state index contributed by atoms with van der Waals surface area (Å²) < 4.78 is 4.99. The Morgan fingerprint density at radius 1 is 1.27 bits per heavy atom. The molecule has 0 aromatic heterocycles. The normalized spacial score (nSPS) is 16.4. The summed E-state index contributed by atoms with van der Waals surface area (Å²) in [5.74, 6) is -0.215. The van der Waals surface area contributed by atoms with Crippen LogP contribution in [0.1, 0.15) is 29.7 Å². The van der Waals surface area contributed by atoms with Gasteiger partial charge in [0.1, 0.15) is 0 Å². The van der Waals surface area contributed by atoms with Crippen molar-refractivity contribution in [1.29, 1.82) is 0 Å². The fourth-order valence-electron chi connectivity index (χ4n) is 2.67. The number of hydrogen-bond acceptors (Lipinski definition) is 4. The third-order valence-corrected chi connectivity index (χ3v) is 4.90. The predicted octanol–water partition coefficient (Wildman–Crippen LogP) is 3.53. The Balaban J connectivity index is 1.88. The molecule has 1 N–H and O–H groups in total. The van der Waals surface area contributed by atoms with Gasteiger partial charge >= 0.3 is 5.97 Å². The minimum Gasteiger partial charge on any atom is -0.466 e. The zero-order valence-corrected chi connectivity index (χ0v) is 13.2. The first-order valence-electron chi connectivity index (χ1n) is 7.39. The van der Waals surface area contributed by atoms with Crippen molar-refractivity contribution >= 4 is 17.7 Å². The van der Waals surface area contributed by atoms with Crippen LogP contribution in [0.25, 0.3) is 0 Å². The summed E-state index contributed by atoms with van der Waals surface area (Å²) in [6.45, 7) is 2.20. The maximum atomic E-state index is 11.6. The molecule has 2 aromatic rings. The molecule has 3 nitrogen and oxygen atoms in total. The van der Waals surface area contributed by atoms with E-state index in [4.69, 9.17) is 4.74 Å². The van der Waals surface area contributed by atoms with E-state index < -0.39 is 6.10 Å². The zero-order valence-electron chi connectivity index (χ0n) is 12.4. The van der Waals surface area contributed by atoms with Gasteiger partial charge in [0.25, 0.3) is 0 Å². The highest BCUT2D eigenvalue weighted by atomic mass is 32.2. The van der Waals surface area contributed by atoms with Crippen molar-refractivity contribution in [2.45, 2.75) is 35.7 Å².